The van der Waals surface area contributed by atoms with E-state index in [2.05, 4.69) is 21.2 Å². The van der Waals surface area contributed by atoms with Crippen molar-refractivity contribution in [2.75, 3.05) is 0 Å². The number of primary sulfonamides is 1. The van der Waals surface area contributed by atoms with E-state index in [0.717, 1.165) is 25.0 Å². The molecule has 0 bridgehead atoms. The Morgan fingerprint density at radius 3 is 2.56 bits per heavy atom. The lowest BCUT2D eigenvalue weighted by Crippen LogP contribution is -2.27. The van der Waals surface area contributed by atoms with E-state index in [1.54, 1.807) is 0 Å². The largest absolute Gasteiger partial charge is 0.349 e. The monoisotopic (exact) mass is 336 g/mol. The van der Waals surface area contributed by atoms with Gasteiger partial charge in [0.25, 0.3) is 5.91 Å². The Morgan fingerprint density at radius 1 is 1.44 bits per heavy atom. The molecule has 8 heteroatoms. The predicted molar refractivity (Wildman–Crippen MR) is 66.0 cm³/mol. The molecular formula is C10H10BrFN2O3S. The second-order valence-corrected chi connectivity index (χ2v) is 6.44. The van der Waals surface area contributed by atoms with Crippen molar-refractivity contribution < 1.29 is 17.6 Å². The first-order chi connectivity index (χ1) is 8.29. The normalized spacial score (nSPS) is 15.5. The molecule has 2 rings (SSSR count). The van der Waals surface area contributed by atoms with Crippen LogP contribution in [-0.4, -0.2) is 20.4 Å². The van der Waals surface area contributed by atoms with Crippen LogP contribution < -0.4 is 10.5 Å². The van der Waals surface area contributed by atoms with E-state index in [0.29, 0.717) is 0 Å². The van der Waals surface area contributed by atoms with Crippen molar-refractivity contribution in [3.63, 3.8) is 0 Å². The Labute approximate surface area is 112 Å². The minimum atomic E-state index is -4.01. The zero-order valence-corrected chi connectivity index (χ0v) is 11.5. The van der Waals surface area contributed by atoms with Crippen molar-refractivity contribution in [1.29, 1.82) is 0 Å². The number of nitrogens with one attached hydrogen (secondary N) is 1. The lowest BCUT2D eigenvalue weighted by molar-refractivity contribution is 0.0947. The summed E-state index contributed by atoms with van der Waals surface area (Å²) in [5.74, 6) is -1.43. The number of nitrogens with two attached hydrogens (primary N) is 1. The highest BCUT2D eigenvalue weighted by molar-refractivity contribution is 9.10. The van der Waals surface area contributed by atoms with Gasteiger partial charge in [-0.2, -0.15) is 0 Å². The zero-order valence-electron chi connectivity index (χ0n) is 9.11. The smallest absolute Gasteiger partial charge is 0.254 e. The highest BCUT2D eigenvalue weighted by Gasteiger charge is 2.26. The van der Waals surface area contributed by atoms with Crippen LogP contribution in [0.2, 0.25) is 0 Å². The highest BCUT2D eigenvalue weighted by Crippen LogP contribution is 2.26. The van der Waals surface area contributed by atoms with Crippen molar-refractivity contribution in [2.45, 2.75) is 23.8 Å². The van der Waals surface area contributed by atoms with Gasteiger partial charge in [-0.05, 0) is 40.9 Å². The molecule has 3 N–H and O–H groups in total. The average molecular weight is 337 g/mol. The lowest BCUT2D eigenvalue weighted by Gasteiger charge is -2.08. The summed E-state index contributed by atoms with van der Waals surface area (Å²) >= 11 is 2.90. The van der Waals surface area contributed by atoms with Crippen LogP contribution in [0.15, 0.2) is 21.5 Å². The Hall–Kier alpha value is -0.990. The van der Waals surface area contributed by atoms with Crippen LogP contribution >= 0.6 is 15.9 Å². The topological polar surface area (TPSA) is 89.3 Å². The molecule has 1 aromatic rings. The van der Waals surface area contributed by atoms with Crippen LogP contribution in [0.3, 0.4) is 0 Å². The molecule has 0 heterocycles. The summed E-state index contributed by atoms with van der Waals surface area (Å²) in [4.78, 5) is 11.4. The van der Waals surface area contributed by atoms with Crippen molar-refractivity contribution in [3.8, 4) is 0 Å². The van der Waals surface area contributed by atoms with Crippen molar-refractivity contribution in [3.05, 3.63) is 28.0 Å². The number of halogens is 2. The number of benzene rings is 1. The van der Waals surface area contributed by atoms with Gasteiger partial charge in [-0.15, -0.1) is 0 Å². The molecule has 0 saturated heterocycles. The Kier molecular flexibility index (Phi) is 3.43. The average Bonchev–Trinajstić information content (AvgIpc) is 2.99. The van der Waals surface area contributed by atoms with Crippen LogP contribution in [0, 0.1) is 5.82 Å². The molecule has 0 unspecified atom stereocenters. The molecule has 18 heavy (non-hydrogen) atoms. The summed E-state index contributed by atoms with van der Waals surface area (Å²) in [5.41, 5.74) is -0.325. The minimum absolute atomic E-state index is 0.00882. The fourth-order valence-corrected chi connectivity index (χ4v) is 3.02. The van der Waals surface area contributed by atoms with Crippen molar-refractivity contribution >= 4 is 31.9 Å². The van der Waals surface area contributed by atoms with Gasteiger partial charge >= 0.3 is 0 Å². The quantitative estimate of drug-likeness (QED) is 0.866. The first kappa shape index (κ1) is 13.4. The SMILES string of the molecule is NS(=O)(=O)c1cc(C(=O)NC2CC2)c(F)cc1Br. The van der Waals surface area contributed by atoms with Gasteiger partial charge in [-0.25, -0.2) is 17.9 Å². The maximum absolute atomic E-state index is 13.6. The fourth-order valence-electron chi connectivity index (χ4n) is 1.41. The minimum Gasteiger partial charge on any atom is -0.349 e. The molecule has 0 aromatic heterocycles. The summed E-state index contributed by atoms with van der Waals surface area (Å²) in [6.07, 6.45) is 1.71. The Balaban J connectivity index is 2.43. The molecule has 0 aliphatic heterocycles. The van der Waals surface area contributed by atoms with Crippen LogP contribution in [0.25, 0.3) is 0 Å². The number of amides is 1. The van der Waals surface area contributed by atoms with E-state index < -0.39 is 21.7 Å². The van der Waals surface area contributed by atoms with Gasteiger partial charge in [0.2, 0.25) is 10.0 Å². The van der Waals surface area contributed by atoms with Crippen LogP contribution in [-0.2, 0) is 10.0 Å². The molecule has 0 spiro atoms. The van der Waals surface area contributed by atoms with E-state index in [1.807, 2.05) is 0 Å². The summed E-state index contributed by atoms with van der Waals surface area (Å²) in [7, 11) is -4.01. The summed E-state index contributed by atoms with van der Waals surface area (Å²) < 4.78 is 36.1. The molecule has 1 aliphatic carbocycles. The van der Waals surface area contributed by atoms with Gasteiger partial charge in [0.1, 0.15) is 5.82 Å². The second kappa shape index (κ2) is 4.60. The molecule has 0 atom stereocenters. The molecule has 1 fully saturated rings. The van der Waals surface area contributed by atoms with E-state index in [9.17, 15) is 17.6 Å². The third-order valence-corrected chi connectivity index (χ3v) is 4.35. The first-order valence-corrected chi connectivity index (χ1v) is 7.45. The maximum atomic E-state index is 13.6. The summed E-state index contributed by atoms with van der Waals surface area (Å²) in [6, 6.07) is 1.91. The van der Waals surface area contributed by atoms with Crippen LogP contribution in [0.4, 0.5) is 4.39 Å². The standard InChI is InChI=1S/C10H10BrFN2O3S/c11-7-4-8(12)6(3-9(7)18(13,16)17)10(15)14-5-1-2-5/h3-5H,1-2H2,(H,14,15)(H2,13,16,17). The Bertz CT molecular complexity index is 614. The molecule has 1 aliphatic rings. The van der Waals surface area contributed by atoms with Gasteiger partial charge in [0.15, 0.2) is 0 Å². The second-order valence-electron chi connectivity index (χ2n) is 4.06. The first-order valence-electron chi connectivity index (χ1n) is 5.12. The molecule has 1 aromatic carbocycles. The number of hydrogen-bond donors (Lipinski definition) is 2. The van der Waals surface area contributed by atoms with Gasteiger partial charge in [0, 0.05) is 10.5 Å². The van der Waals surface area contributed by atoms with E-state index in [1.165, 1.54) is 0 Å². The van der Waals surface area contributed by atoms with Gasteiger partial charge < -0.3 is 5.32 Å². The summed E-state index contributed by atoms with van der Waals surface area (Å²) in [5, 5.41) is 7.56. The van der Waals surface area contributed by atoms with Crippen LogP contribution in [0.1, 0.15) is 23.2 Å². The molecule has 0 radical (unpaired) electrons. The number of carbonyl (C=O) groups is 1. The van der Waals surface area contributed by atoms with Gasteiger partial charge in [0.05, 0.1) is 10.5 Å². The number of rotatable bonds is 3. The Morgan fingerprint density at radius 2 is 2.06 bits per heavy atom. The van der Waals surface area contributed by atoms with Gasteiger partial charge in [-0.1, -0.05) is 0 Å². The van der Waals surface area contributed by atoms with Crippen molar-refractivity contribution in [1.82, 2.24) is 5.32 Å². The third kappa shape index (κ3) is 2.88. The van der Waals surface area contributed by atoms with E-state index >= 15 is 0 Å². The number of sulfonamides is 1. The number of carbonyl (C=O) groups excluding carboxylic acids is 1. The van der Waals surface area contributed by atoms with Crippen molar-refractivity contribution in [2.24, 2.45) is 5.14 Å². The zero-order chi connectivity index (χ0) is 13.5. The highest BCUT2D eigenvalue weighted by atomic mass is 79.9. The molecular weight excluding hydrogens is 327 g/mol. The molecule has 98 valence electrons. The lowest BCUT2D eigenvalue weighted by atomic mass is 10.2. The van der Waals surface area contributed by atoms with E-state index in [4.69, 9.17) is 5.14 Å². The summed E-state index contributed by atoms with van der Waals surface area (Å²) in [6.45, 7) is 0. The molecule has 1 amide bonds. The third-order valence-electron chi connectivity index (χ3n) is 2.49. The number of hydrogen-bond acceptors (Lipinski definition) is 3. The fraction of sp³-hybridized carbons (Fsp3) is 0.300. The predicted octanol–water partition coefficient (Wildman–Crippen LogP) is 1.13. The van der Waals surface area contributed by atoms with Crippen LogP contribution in [0.5, 0.6) is 0 Å². The molecule has 5 nitrogen and oxygen atoms in total. The van der Waals surface area contributed by atoms with E-state index in [-0.39, 0.29) is 21.0 Å². The van der Waals surface area contributed by atoms with Gasteiger partial charge in [-0.3, -0.25) is 4.79 Å². The maximum Gasteiger partial charge on any atom is 0.254 e. The molecule has 1 saturated carbocycles.